The number of allylic oxidation sites excluding steroid dienone is 2. The van der Waals surface area contributed by atoms with E-state index in [0.29, 0.717) is 12.5 Å². The van der Waals surface area contributed by atoms with E-state index in [1.807, 2.05) is 61.7 Å². The quantitative estimate of drug-likeness (QED) is 0.389. The zero-order valence-corrected chi connectivity index (χ0v) is 20.7. The van der Waals surface area contributed by atoms with Crippen LogP contribution in [-0.4, -0.2) is 32.1 Å². The highest BCUT2D eigenvalue weighted by Gasteiger charge is 2.20. The Hall–Kier alpha value is -3.05. The Balaban J connectivity index is 1.65. The topological polar surface area (TPSA) is 62.4 Å². The van der Waals surface area contributed by atoms with Gasteiger partial charge < -0.3 is 20.7 Å². The molecule has 1 aliphatic heterocycles. The molecule has 3 atom stereocenters. The number of nitrogens with one attached hydrogen (secondary N) is 3. The number of hydrogen-bond donors (Lipinski definition) is 3. The third-order valence-corrected chi connectivity index (χ3v) is 6.18. The van der Waals surface area contributed by atoms with Crippen molar-refractivity contribution in [3.63, 3.8) is 0 Å². The monoisotopic (exact) mass is 461 g/mol. The highest BCUT2D eigenvalue weighted by atomic mass is 16.5. The van der Waals surface area contributed by atoms with Gasteiger partial charge in [-0.25, -0.2) is 0 Å². The summed E-state index contributed by atoms with van der Waals surface area (Å²) in [4.78, 5) is 13.1. The van der Waals surface area contributed by atoms with Gasteiger partial charge >= 0.3 is 0 Å². The second-order valence-corrected chi connectivity index (χ2v) is 9.16. The molecule has 0 spiro atoms. The van der Waals surface area contributed by atoms with Gasteiger partial charge in [0, 0.05) is 19.6 Å². The van der Waals surface area contributed by atoms with Gasteiger partial charge in [0.05, 0.1) is 18.6 Å². The third-order valence-electron chi connectivity index (χ3n) is 6.18. The molecule has 5 heteroatoms. The van der Waals surface area contributed by atoms with Crippen molar-refractivity contribution >= 4 is 5.91 Å². The first-order valence-electron chi connectivity index (χ1n) is 12.4. The minimum Gasteiger partial charge on any atom is -0.493 e. The molecule has 0 saturated carbocycles. The molecule has 1 heterocycles. The zero-order chi connectivity index (χ0) is 24.2. The van der Waals surface area contributed by atoms with Gasteiger partial charge in [0.2, 0.25) is 5.91 Å². The minimum absolute atomic E-state index is 0.0215. The summed E-state index contributed by atoms with van der Waals surface area (Å²) in [6, 6.07) is 17.9. The molecule has 34 heavy (non-hydrogen) atoms. The Morgan fingerprint density at radius 2 is 1.82 bits per heavy atom. The van der Waals surface area contributed by atoms with Gasteiger partial charge in [-0.1, -0.05) is 68.8 Å². The number of benzene rings is 2. The molecule has 3 N–H and O–H groups in total. The van der Waals surface area contributed by atoms with Crippen molar-refractivity contribution in [2.75, 3.05) is 26.2 Å². The fraction of sp³-hybridized carbons (Fsp3) is 0.414. The van der Waals surface area contributed by atoms with Gasteiger partial charge in [-0.05, 0) is 60.4 Å². The van der Waals surface area contributed by atoms with Crippen molar-refractivity contribution in [1.82, 2.24) is 16.0 Å². The van der Waals surface area contributed by atoms with E-state index in [9.17, 15) is 4.79 Å². The molecular weight excluding hydrogens is 422 g/mol. The van der Waals surface area contributed by atoms with E-state index in [1.54, 1.807) is 0 Å². The van der Waals surface area contributed by atoms with Crippen molar-refractivity contribution in [2.45, 2.75) is 45.6 Å². The summed E-state index contributed by atoms with van der Waals surface area (Å²) in [7, 11) is 0. The van der Waals surface area contributed by atoms with E-state index in [4.69, 9.17) is 4.74 Å². The molecule has 0 aliphatic carbocycles. The summed E-state index contributed by atoms with van der Waals surface area (Å²) in [5.74, 6) is 1.21. The van der Waals surface area contributed by atoms with Crippen LogP contribution in [-0.2, 0) is 4.79 Å². The maximum absolute atomic E-state index is 13.1. The molecule has 0 aromatic heterocycles. The van der Waals surface area contributed by atoms with E-state index >= 15 is 0 Å². The predicted molar refractivity (Wildman–Crippen MR) is 140 cm³/mol. The molecule has 182 valence electrons. The highest BCUT2D eigenvalue weighted by molar-refractivity contribution is 5.83. The number of hydrogen-bond acceptors (Lipinski definition) is 4. The first kappa shape index (κ1) is 25.6. The number of amides is 1. The van der Waals surface area contributed by atoms with Gasteiger partial charge in [-0.3, -0.25) is 4.79 Å². The summed E-state index contributed by atoms with van der Waals surface area (Å²) in [5.41, 5.74) is 3.36. The van der Waals surface area contributed by atoms with E-state index in [-0.39, 0.29) is 17.9 Å². The minimum atomic E-state index is -0.221. The maximum atomic E-state index is 13.1. The van der Waals surface area contributed by atoms with E-state index in [0.717, 1.165) is 36.6 Å². The fourth-order valence-corrected chi connectivity index (χ4v) is 4.05. The van der Waals surface area contributed by atoms with Crippen LogP contribution in [0.1, 0.15) is 56.7 Å². The lowest BCUT2D eigenvalue weighted by Crippen LogP contribution is -2.38. The molecule has 5 nitrogen and oxygen atoms in total. The summed E-state index contributed by atoms with van der Waals surface area (Å²) in [6.07, 6.45) is 8.42. The van der Waals surface area contributed by atoms with Crippen LogP contribution in [0.2, 0.25) is 0 Å². The first-order chi connectivity index (χ1) is 16.6. The van der Waals surface area contributed by atoms with Crippen LogP contribution in [0, 0.1) is 5.92 Å². The number of carbonyl (C=O) groups is 1. The normalized spacial score (nSPS) is 15.6. The van der Waals surface area contributed by atoms with Crippen molar-refractivity contribution in [1.29, 1.82) is 0 Å². The average molecular weight is 462 g/mol. The second kappa shape index (κ2) is 13.6. The van der Waals surface area contributed by atoms with Crippen molar-refractivity contribution in [3.8, 4) is 5.75 Å². The SMILES string of the molecule is CCCC(C)COc1ccc([C@H](CNCC2=CC=CNC2)NC(=O)[C@@H](C)c2ccccc2)cc1. The molecule has 2 aromatic rings. The van der Waals surface area contributed by atoms with Gasteiger partial charge in [-0.15, -0.1) is 0 Å². The molecule has 0 bridgehead atoms. The number of carbonyl (C=O) groups excluding carboxylic acids is 1. The number of dihydropyridines is 1. The standard InChI is InChI=1S/C29H39N3O2/c1-4-9-22(2)21-34-27-15-13-26(14-16-27)28(20-31-19-24-10-8-17-30-18-24)32-29(33)23(3)25-11-6-5-7-12-25/h5-8,10-17,22-23,28,30-31H,4,9,18-21H2,1-3H3,(H,32,33)/t22?,23-,28-/m0/s1. The maximum Gasteiger partial charge on any atom is 0.227 e. The van der Waals surface area contributed by atoms with Crippen LogP contribution in [0.4, 0.5) is 0 Å². The zero-order valence-electron chi connectivity index (χ0n) is 20.7. The second-order valence-electron chi connectivity index (χ2n) is 9.16. The molecule has 1 unspecified atom stereocenters. The Labute approximate surface area is 204 Å². The van der Waals surface area contributed by atoms with Gasteiger partial charge in [0.25, 0.3) is 0 Å². The molecular formula is C29H39N3O2. The van der Waals surface area contributed by atoms with Gasteiger partial charge in [0.15, 0.2) is 0 Å². The van der Waals surface area contributed by atoms with Crippen LogP contribution in [0.3, 0.4) is 0 Å². The van der Waals surface area contributed by atoms with Crippen LogP contribution < -0.4 is 20.7 Å². The summed E-state index contributed by atoms with van der Waals surface area (Å²) >= 11 is 0. The van der Waals surface area contributed by atoms with Crippen molar-refractivity contribution in [3.05, 3.63) is 89.6 Å². The van der Waals surface area contributed by atoms with Crippen LogP contribution in [0.5, 0.6) is 5.75 Å². The first-order valence-corrected chi connectivity index (χ1v) is 12.4. The molecule has 3 rings (SSSR count). The lowest BCUT2D eigenvalue weighted by molar-refractivity contribution is -0.122. The van der Waals surface area contributed by atoms with E-state index in [1.165, 1.54) is 18.4 Å². The van der Waals surface area contributed by atoms with E-state index in [2.05, 4.69) is 48.0 Å². The average Bonchev–Trinajstić information content (AvgIpc) is 2.88. The Kier molecular flexibility index (Phi) is 10.2. The molecule has 0 saturated heterocycles. The third kappa shape index (κ3) is 8.07. The molecule has 0 fully saturated rings. The fourth-order valence-electron chi connectivity index (χ4n) is 4.05. The number of ether oxygens (including phenoxy) is 1. The van der Waals surface area contributed by atoms with Crippen molar-refractivity contribution in [2.24, 2.45) is 5.92 Å². The molecule has 1 aliphatic rings. The van der Waals surface area contributed by atoms with Crippen LogP contribution in [0.25, 0.3) is 0 Å². The number of rotatable bonds is 13. The Morgan fingerprint density at radius 1 is 1.06 bits per heavy atom. The van der Waals surface area contributed by atoms with Gasteiger partial charge in [-0.2, -0.15) is 0 Å². The molecule has 1 amide bonds. The summed E-state index contributed by atoms with van der Waals surface area (Å²) in [6.45, 7) is 9.35. The molecule has 0 radical (unpaired) electrons. The van der Waals surface area contributed by atoms with Crippen molar-refractivity contribution < 1.29 is 9.53 Å². The highest BCUT2D eigenvalue weighted by Crippen LogP contribution is 2.21. The lowest BCUT2D eigenvalue weighted by Gasteiger charge is -2.23. The largest absolute Gasteiger partial charge is 0.493 e. The molecule has 2 aromatic carbocycles. The smallest absolute Gasteiger partial charge is 0.227 e. The van der Waals surface area contributed by atoms with E-state index < -0.39 is 0 Å². The van der Waals surface area contributed by atoms with Crippen LogP contribution >= 0.6 is 0 Å². The predicted octanol–water partition coefficient (Wildman–Crippen LogP) is 5.10. The van der Waals surface area contributed by atoms with Gasteiger partial charge in [0.1, 0.15) is 5.75 Å². The summed E-state index contributed by atoms with van der Waals surface area (Å²) in [5, 5.41) is 10.0. The lowest BCUT2D eigenvalue weighted by atomic mass is 9.99. The Morgan fingerprint density at radius 3 is 2.50 bits per heavy atom. The Bertz CT molecular complexity index is 938. The summed E-state index contributed by atoms with van der Waals surface area (Å²) < 4.78 is 5.97. The van der Waals surface area contributed by atoms with Crippen LogP contribution in [0.15, 0.2) is 78.5 Å².